The molecule has 0 bridgehead atoms. The summed E-state index contributed by atoms with van der Waals surface area (Å²) in [5.41, 5.74) is 0. The average molecular weight is 277 g/mol. The summed E-state index contributed by atoms with van der Waals surface area (Å²) in [5.74, 6) is 1.18. The molecule has 0 N–H and O–H groups in total. The van der Waals surface area contributed by atoms with Gasteiger partial charge < -0.3 is 24.2 Å². The van der Waals surface area contributed by atoms with Crippen LogP contribution in [-0.4, -0.2) is 27.7 Å². The zero-order valence-electron chi connectivity index (χ0n) is 11.1. The lowest BCUT2D eigenvalue weighted by Crippen LogP contribution is -2.07. The van der Waals surface area contributed by atoms with Crippen molar-refractivity contribution < 1.29 is 14.4 Å². The molecule has 0 saturated heterocycles. The number of rotatable bonds is 7. The van der Waals surface area contributed by atoms with Crippen molar-refractivity contribution in [3.63, 3.8) is 0 Å². The highest BCUT2D eigenvalue weighted by molar-refractivity contribution is 5.39. The molecule has 0 atom stereocenters. The summed E-state index contributed by atoms with van der Waals surface area (Å²) in [6.45, 7) is 3.31. The van der Waals surface area contributed by atoms with Crippen molar-refractivity contribution in [2.75, 3.05) is 13.2 Å². The molecule has 2 aromatic rings. The van der Waals surface area contributed by atoms with Crippen molar-refractivity contribution >= 4 is 5.82 Å². The Morgan fingerprint density at radius 1 is 1.30 bits per heavy atom. The number of nitrogens with zero attached hydrogens (tertiary/aromatic N) is 3. The van der Waals surface area contributed by atoms with Gasteiger partial charge in [-0.25, -0.2) is 0 Å². The van der Waals surface area contributed by atoms with E-state index in [4.69, 9.17) is 9.47 Å². The summed E-state index contributed by atoms with van der Waals surface area (Å²) in [6, 6.07) is 7.39. The second-order valence-electron chi connectivity index (χ2n) is 3.96. The maximum atomic E-state index is 10.5. The van der Waals surface area contributed by atoms with Crippen molar-refractivity contribution in [1.29, 1.82) is 0 Å². The fourth-order valence-electron chi connectivity index (χ4n) is 1.67. The average Bonchev–Trinajstić information content (AvgIpc) is 2.90. The highest BCUT2D eigenvalue weighted by atomic mass is 16.6. The van der Waals surface area contributed by atoms with E-state index in [1.54, 1.807) is 4.57 Å². The van der Waals surface area contributed by atoms with Gasteiger partial charge in [0.1, 0.15) is 12.8 Å². The van der Waals surface area contributed by atoms with Crippen LogP contribution in [0.2, 0.25) is 0 Å². The molecular formula is C13H15N3O4. The quantitative estimate of drug-likeness (QED) is 0.573. The third-order valence-corrected chi connectivity index (χ3v) is 2.56. The molecule has 0 aliphatic heterocycles. The molecule has 0 radical (unpaired) electrons. The van der Waals surface area contributed by atoms with Gasteiger partial charge in [0.2, 0.25) is 6.33 Å². The topological polar surface area (TPSA) is 79.4 Å². The maximum Gasteiger partial charge on any atom is 0.381 e. The molecule has 0 aliphatic rings. The van der Waals surface area contributed by atoms with E-state index in [1.807, 2.05) is 31.2 Å². The summed E-state index contributed by atoms with van der Waals surface area (Å²) in [6.07, 6.45) is 2.79. The normalized spacial score (nSPS) is 10.2. The van der Waals surface area contributed by atoms with Crippen molar-refractivity contribution in [1.82, 2.24) is 9.55 Å². The van der Waals surface area contributed by atoms with Crippen molar-refractivity contribution in [2.45, 2.75) is 13.5 Å². The van der Waals surface area contributed by atoms with Gasteiger partial charge >= 0.3 is 5.82 Å². The molecule has 0 fully saturated rings. The molecule has 7 heteroatoms. The Kier molecular flexibility index (Phi) is 4.54. The SMILES string of the molecule is CCOc1ccccc1OCCn1cnc([N+](=O)[O-])c1. The summed E-state index contributed by atoms with van der Waals surface area (Å²) in [7, 11) is 0. The first-order valence-electron chi connectivity index (χ1n) is 6.21. The lowest BCUT2D eigenvalue weighted by molar-refractivity contribution is -0.389. The van der Waals surface area contributed by atoms with Gasteiger partial charge in [0, 0.05) is 0 Å². The fraction of sp³-hybridized carbons (Fsp3) is 0.308. The van der Waals surface area contributed by atoms with Gasteiger partial charge in [-0.15, -0.1) is 0 Å². The van der Waals surface area contributed by atoms with Crippen LogP contribution in [0, 0.1) is 10.1 Å². The molecule has 0 saturated carbocycles. The minimum atomic E-state index is -0.526. The summed E-state index contributed by atoms with van der Waals surface area (Å²) in [4.78, 5) is 13.7. The fourth-order valence-corrected chi connectivity index (χ4v) is 1.67. The van der Waals surface area contributed by atoms with Crippen molar-refractivity contribution in [3.05, 3.63) is 46.9 Å². The van der Waals surface area contributed by atoms with Gasteiger partial charge in [-0.3, -0.25) is 0 Å². The van der Waals surface area contributed by atoms with Gasteiger partial charge in [-0.1, -0.05) is 12.1 Å². The minimum Gasteiger partial charge on any atom is -0.490 e. The summed E-state index contributed by atoms with van der Waals surface area (Å²) >= 11 is 0. The van der Waals surface area contributed by atoms with Crippen molar-refractivity contribution in [2.24, 2.45) is 0 Å². The van der Waals surface area contributed by atoms with Crippen LogP contribution in [0.4, 0.5) is 5.82 Å². The first-order valence-corrected chi connectivity index (χ1v) is 6.21. The standard InChI is InChI=1S/C13H15N3O4/c1-2-19-11-5-3-4-6-12(11)20-8-7-15-9-13(14-10-15)16(17)18/h3-6,9-10H,2,7-8H2,1H3. The van der Waals surface area contributed by atoms with Crippen LogP contribution < -0.4 is 9.47 Å². The highest BCUT2D eigenvalue weighted by Gasteiger charge is 2.09. The number of hydrogen-bond donors (Lipinski definition) is 0. The molecular weight excluding hydrogens is 262 g/mol. The van der Waals surface area contributed by atoms with Gasteiger partial charge in [0.05, 0.1) is 13.2 Å². The molecule has 0 spiro atoms. The first-order chi connectivity index (χ1) is 9.70. The van der Waals surface area contributed by atoms with Gasteiger partial charge in [0.25, 0.3) is 0 Å². The van der Waals surface area contributed by atoms with Crippen LogP contribution in [0.5, 0.6) is 11.5 Å². The molecule has 0 amide bonds. The number of benzene rings is 1. The largest absolute Gasteiger partial charge is 0.490 e. The monoisotopic (exact) mass is 277 g/mol. The Hall–Kier alpha value is -2.57. The Labute approximate surface area is 115 Å². The van der Waals surface area contributed by atoms with Crippen LogP contribution in [0.15, 0.2) is 36.8 Å². The van der Waals surface area contributed by atoms with Crippen LogP contribution in [-0.2, 0) is 6.54 Å². The van der Waals surface area contributed by atoms with Gasteiger partial charge in [-0.2, -0.15) is 0 Å². The molecule has 1 aromatic heterocycles. The number of para-hydroxylation sites is 2. The number of nitro groups is 1. The summed E-state index contributed by atoms with van der Waals surface area (Å²) < 4.78 is 12.7. The molecule has 1 aromatic carbocycles. The van der Waals surface area contributed by atoms with Crippen LogP contribution in [0.3, 0.4) is 0 Å². The van der Waals surface area contributed by atoms with Crippen LogP contribution in [0.25, 0.3) is 0 Å². The third kappa shape index (κ3) is 3.47. The van der Waals surface area contributed by atoms with E-state index in [0.717, 1.165) is 0 Å². The Bertz CT molecular complexity index is 583. The van der Waals surface area contributed by atoms with E-state index in [-0.39, 0.29) is 5.82 Å². The van der Waals surface area contributed by atoms with E-state index < -0.39 is 4.92 Å². The summed E-state index contributed by atoms with van der Waals surface area (Å²) in [5, 5.41) is 10.5. The highest BCUT2D eigenvalue weighted by Crippen LogP contribution is 2.26. The predicted molar refractivity (Wildman–Crippen MR) is 72.0 cm³/mol. The van der Waals surface area contributed by atoms with Gasteiger partial charge in [-0.05, 0) is 29.0 Å². The van der Waals surface area contributed by atoms with E-state index >= 15 is 0 Å². The lowest BCUT2D eigenvalue weighted by atomic mass is 10.3. The smallest absolute Gasteiger partial charge is 0.381 e. The number of hydrogen-bond acceptors (Lipinski definition) is 5. The first kappa shape index (κ1) is 13.9. The Morgan fingerprint density at radius 3 is 2.60 bits per heavy atom. The zero-order valence-corrected chi connectivity index (χ0v) is 11.1. The molecule has 7 nitrogen and oxygen atoms in total. The molecule has 20 heavy (non-hydrogen) atoms. The lowest BCUT2D eigenvalue weighted by Gasteiger charge is -2.11. The van der Waals surface area contributed by atoms with Crippen LogP contribution >= 0.6 is 0 Å². The van der Waals surface area contributed by atoms with Gasteiger partial charge in [0.15, 0.2) is 11.5 Å². The molecule has 106 valence electrons. The second-order valence-corrected chi connectivity index (χ2v) is 3.96. The van der Waals surface area contributed by atoms with E-state index in [9.17, 15) is 10.1 Å². The van der Waals surface area contributed by atoms with E-state index in [0.29, 0.717) is 31.3 Å². The Morgan fingerprint density at radius 2 is 2.00 bits per heavy atom. The molecule has 0 unspecified atom stereocenters. The van der Waals surface area contributed by atoms with E-state index in [2.05, 4.69) is 4.98 Å². The van der Waals surface area contributed by atoms with Crippen molar-refractivity contribution in [3.8, 4) is 11.5 Å². The zero-order chi connectivity index (χ0) is 14.4. The molecule has 0 aliphatic carbocycles. The Balaban J connectivity index is 1.90. The maximum absolute atomic E-state index is 10.5. The predicted octanol–water partition coefficient (Wildman–Crippen LogP) is 2.27. The molecule has 2 rings (SSSR count). The van der Waals surface area contributed by atoms with E-state index in [1.165, 1.54) is 12.5 Å². The molecule has 1 heterocycles. The number of aromatic nitrogens is 2. The third-order valence-electron chi connectivity index (χ3n) is 2.56. The number of ether oxygens (including phenoxy) is 2. The van der Waals surface area contributed by atoms with Crippen LogP contribution in [0.1, 0.15) is 6.92 Å². The number of imidazole rings is 1. The minimum absolute atomic E-state index is 0.167. The second kappa shape index (κ2) is 6.55.